The summed E-state index contributed by atoms with van der Waals surface area (Å²) in [4.78, 5) is 8.60. The van der Waals surface area contributed by atoms with Gasteiger partial charge in [-0.25, -0.2) is 9.37 Å². The van der Waals surface area contributed by atoms with E-state index in [0.717, 1.165) is 50.4 Å². The maximum atomic E-state index is 14.8. The van der Waals surface area contributed by atoms with Gasteiger partial charge in [-0.15, -0.1) is 0 Å². The van der Waals surface area contributed by atoms with E-state index in [-0.39, 0.29) is 17.8 Å². The van der Waals surface area contributed by atoms with Gasteiger partial charge in [0.15, 0.2) is 11.6 Å². The summed E-state index contributed by atoms with van der Waals surface area (Å²) in [6.45, 7) is 7.87. The van der Waals surface area contributed by atoms with Crippen LogP contribution in [0.25, 0.3) is 0 Å². The quantitative estimate of drug-likeness (QED) is 0.661. The summed E-state index contributed by atoms with van der Waals surface area (Å²) in [6, 6.07) is 7.21. The van der Waals surface area contributed by atoms with Crippen LogP contribution in [0.1, 0.15) is 26.7 Å². The van der Waals surface area contributed by atoms with Crippen LogP contribution >= 0.6 is 11.6 Å². The number of ether oxygens (including phenoxy) is 2. The molecule has 0 spiro atoms. The molecular weight excluding hydrogens is 405 g/mol. The summed E-state index contributed by atoms with van der Waals surface area (Å²) in [5.41, 5.74) is 1.84. The second-order valence-corrected chi connectivity index (χ2v) is 8.91. The molecule has 0 aliphatic carbocycles. The predicted molar refractivity (Wildman–Crippen MR) is 119 cm³/mol. The van der Waals surface area contributed by atoms with E-state index in [1.54, 1.807) is 25.4 Å². The number of pyridine rings is 1. The van der Waals surface area contributed by atoms with Crippen LogP contribution in [0.3, 0.4) is 0 Å². The number of halogens is 2. The van der Waals surface area contributed by atoms with Gasteiger partial charge in [0, 0.05) is 56.3 Å². The van der Waals surface area contributed by atoms with Gasteiger partial charge in [0.1, 0.15) is 6.10 Å². The molecule has 2 aliphatic rings. The van der Waals surface area contributed by atoms with Crippen molar-refractivity contribution in [3.63, 3.8) is 0 Å². The van der Waals surface area contributed by atoms with Gasteiger partial charge in [-0.2, -0.15) is 0 Å². The van der Waals surface area contributed by atoms with E-state index in [2.05, 4.69) is 28.6 Å². The van der Waals surface area contributed by atoms with E-state index < -0.39 is 0 Å². The number of methoxy groups -OCH3 is 1. The summed E-state index contributed by atoms with van der Waals surface area (Å²) < 4.78 is 26.1. The number of nitrogens with zero attached hydrogens (tertiary/aromatic N) is 3. The maximum Gasteiger partial charge on any atom is 0.215 e. The van der Waals surface area contributed by atoms with Crippen molar-refractivity contribution in [1.82, 2.24) is 4.98 Å². The fourth-order valence-corrected chi connectivity index (χ4v) is 4.62. The van der Waals surface area contributed by atoms with Crippen LogP contribution in [0.15, 0.2) is 30.5 Å². The van der Waals surface area contributed by atoms with Gasteiger partial charge < -0.3 is 19.3 Å². The van der Waals surface area contributed by atoms with Gasteiger partial charge in [-0.05, 0) is 24.5 Å². The molecule has 2 aromatic rings. The van der Waals surface area contributed by atoms with Crippen LogP contribution in [0, 0.1) is 17.7 Å². The van der Waals surface area contributed by atoms with Gasteiger partial charge in [0.25, 0.3) is 0 Å². The van der Waals surface area contributed by atoms with Crippen molar-refractivity contribution in [2.45, 2.75) is 32.8 Å². The van der Waals surface area contributed by atoms with E-state index in [9.17, 15) is 4.39 Å². The lowest BCUT2D eigenvalue weighted by Crippen LogP contribution is -2.44. The molecular formula is C23H29ClFN3O2. The van der Waals surface area contributed by atoms with Gasteiger partial charge in [-0.1, -0.05) is 25.4 Å². The number of rotatable bonds is 5. The maximum absolute atomic E-state index is 14.8. The highest BCUT2D eigenvalue weighted by atomic mass is 35.5. The van der Waals surface area contributed by atoms with Crippen molar-refractivity contribution in [2.75, 3.05) is 43.1 Å². The Kier molecular flexibility index (Phi) is 6.23. The second kappa shape index (κ2) is 8.88. The van der Waals surface area contributed by atoms with Crippen molar-refractivity contribution in [1.29, 1.82) is 0 Å². The highest BCUT2D eigenvalue weighted by Gasteiger charge is 2.30. The number of piperidine rings is 1. The predicted octanol–water partition coefficient (Wildman–Crippen LogP) is 5.02. The lowest BCUT2D eigenvalue weighted by atomic mass is 9.96. The van der Waals surface area contributed by atoms with Crippen molar-refractivity contribution < 1.29 is 13.9 Å². The summed E-state index contributed by atoms with van der Waals surface area (Å²) >= 11 is 6.35. The van der Waals surface area contributed by atoms with E-state index in [1.807, 2.05) is 12.1 Å². The average molecular weight is 434 g/mol. The molecule has 2 saturated heterocycles. The number of benzene rings is 1. The molecule has 0 N–H and O–H groups in total. The van der Waals surface area contributed by atoms with Gasteiger partial charge in [0.05, 0.1) is 24.0 Å². The van der Waals surface area contributed by atoms with Gasteiger partial charge >= 0.3 is 0 Å². The minimum atomic E-state index is -0.288. The fraction of sp³-hybridized carbons (Fsp3) is 0.522. The standard InChI is InChI=1S/C23H29ClFN3O2/c1-15-6-8-27(13-15)17-4-5-22(19(25)10-17)30-21-7-9-28(14-16(21)2)20-11-23(29-3)26-12-18(20)24/h4-5,10-12,15-16,21H,6-9,13-14H2,1-3H3. The Bertz CT molecular complexity index is 897. The topological polar surface area (TPSA) is 37.8 Å². The Morgan fingerprint density at radius 1 is 1.10 bits per heavy atom. The zero-order valence-corrected chi connectivity index (χ0v) is 18.5. The third-order valence-corrected chi connectivity index (χ3v) is 6.46. The zero-order valence-electron chi connectivity index (χ0n) is 17.8. The molecule has 3 atom stereocenters. The monoisotopic (exact) mass is 433 g/mol. The SMILES string of the molecule is COc1cc(N2CCC(Oc3ccc(N4CCC(C)C4)cc3F)C(C)C2)c(Cl)cn1. The molecule has 0 saturated carbocycles. The third kappa shape index (κ3) is 4.43. The van der Waals surface area contributed by atoms with Crippen LogP contribution in [0.2, 0.25) is 5.02 Å². The largest absolute Gasteiger partial charge is 0.487 e. The summed E-state index contributed by atoms with van der Waals surface area (Å²) in [6.07, 6.45) is 3.51. The highest BCUT2D eigenvalue weighted by molar-refractivity contribution is 6.33. The lowest BCUT2D eigenvalue weighted by Gasteiger charge is -2.38. The number of anilines is 2. The number of hydrogen-bond donors (Lipinski definition) is 0. The van der Waals surface area contributed by atoms with Crippen molar-refractivity contribution in [2.24, 2.45) is 11.8 Å². The van der Waals surface area contributed by atoms with Crippen LogP contribution in [0.4, 0.5) is 15.8 Å². The Labute approximate surface area is 182 Å². The molecule has 7 heteroatoms. The minimum Gasteiger partial charge on any atom is -0.487 e. The van der Waals surface area contributed by atoms with Crippen LogP contribution in [0.5, 0.6) is 11.6 Å². The fourth-order valence-electron chi connectivity index (χ4n) is 4.40. The second-order valence-electron chi connectivity index (χ2n) is 8.50. The van der Waals surface area contributed by atoms with Crippen LogP contribution in [-0.2, 0) is 0 Å². The molecule has 3 heterocycles. The Balaban J connectivity index is 1.41. The minimum absolute atomic E-state index is 0.0454. The highest BCUT2D eigenvalue weighted by Crippen LogP contribution is 2.34. The summed E-state index contributed by atoms with van der Waals surface area (Å²) in [7, 11) is 1.59. The van der Waals surface area contributed by atoms with Crippen molar-refractivity contribution >= 4 is 23.0 Å². The smallest absolute Gasteiger partial charge is 0.215 e. The molecule has 0 bridgehead atoms. The van der Waals surface area contributed by atoms with E-state index in [4.69, 9.17) is 21.1 Å². The van der Waals surface area contributed by atoms with Gasteiger partial charge in [0.2, 0.25) is 5.88 Å². The first kappa shape index (κ1) is 21.0. The van der Waals surface area contributed by atoms with Gasteiger partial charge in [-0.3, -0.25) is 0 Å². The van der Waals surface area contributed by atoms with E-state index in [0.29, 0.717) is 22.6 Å². The molecule has 1 aromatic carbocycles. The average Bonchev–Trinajstić information content (AvgIpc) is 3.17. The molecule has 2 fully saturated rings. The molecule has 2 aliphatic heterocycles. The molecule has 4 rings (SSSR count). The molecule has 162 valence electrons. The number of hydrogen-bond acceptors (Lipinski definition) is 5. The summed E-state index contributed by atoms with van der Waals surface area (Å²) in [5.74, 6) is 1.45. The Morgan fingerprint density at radius 2 is 1.90 bits per heavy atom. The van der Waals surface area contributed by atoms with Crippen molar-refractivity contribution in [3.05, 3.63) is 41.3 Å². The molecule has 0 radical (unpaired) electrons. The van der Waals surface area contributed by atoms with Crippen molar-refractivity contribution in [3.8, 4) is 11.6 Å². The molecule has 3 unspecified atom stereocenters. The first-order valence-corrected chi connectivity index (χ1v) is 11.0. The third-order valence-electron chi connectivity index (χ3n) is 6.17. The molecule has 5 nitrogen and oxygen atoms in total. The van der Waals surface area contributed by atoms with Crippen LogP contribution in [-0.4, -0.2) is 44.4 Å². The molecule has 30 heavy (non-hydrogen) atoms. The summed E-state index contributed by atoms with van der Waals surface area (Å²) in [5, 5.41) is 0.597. The molecule has 1 aromatic heterocycles. The lowest BCUT2D eigenvalue weighted by molar-refractivity contribution is 0.116. The Hall–Kier alpha value is -2.21. The van der Waals surface area contributed by atoms with Crippen LogP contribution < -0.4 is 19.3 Å². The Morgan fingerprint density at radius 3 is 2.57 bits per heavy atom. The normalized spacial score (nSPS) is 24.2. The first-order chi connectivity index (χ1) is 14.4. The number of aromatic nitrogens is 1. The van der Waals surface area contributed by atoms with E-state index in [1.165, 1.54) is 0 Å². The zero-order chi connectivity index (χ0) is 21.3. The molecule has 0 amide bonds. The van der Waals surface area contributed by atoms with E-state index >= 15 is 0 Å². The first-order valence-electron chi connectivity index (χ1n) is 10.6.